The van der Waals surface area contributed by atoms with Gasteiger partial charge in [-0.25, -0.2) is 0 Å². The van der Waals surface area contributed by atoms with E-state index in [1.54, 1.807) is 0 Å². The smallest absolute Gasteiger partial charge is 0.313 e. The van der Waals surface area contributed by atoms with Crippen molar-refractivity contribution in [3.8, 4) is 0 Å². The minimum absolute atomic E-state index is 0.00203. The third-order valence-corrected chi connectivity index (χ3v) is 4.61. The van der Waals surface area contributed by atoms with E-state index in [9.17, 15) is 14.4 Å². The minimum atomic E-state index is -0.771. The van der Waals surface area contributed by atoms with Gasteiger partial charge in [-0.1, -0.05) is 12.1 Å². The lowest BCUT2D eigenvalue weighted by Crippen LogP contribution is -3.07. The predicted octanol–water partition coefficient (Wildman–Crippen LogP) is -0.208. The van der Waals surface area contributed by atoms with Gasteiger partial charge in [-0.15, -0.1) is 0 Å². The maximum atomic E-state index is 12.2. The van der Waals surface area contributed by atoms with Crippen molar-refractivity contribution in [1.82, 2.24) is 5.32 Å². The summed E-state index contributed by atoms with van der Waals surface area (Å²) in [6.45, 7) is 0.316. The highest BCUT2D eigenvalue weighted by molar-refractivity contribution is 6.39. The molecule has 0 heterocycles. The van der Waals surface area contributed by atoms with Crippen LogP contribution >= 0.6 is 0 Å². The van der Waals surface area contributed by atoms with Crippen molar-refractivity contribution in [3.05, 3.63) is 59.7 Å². The maximum Gasteiger partial charge on any atom is 0.313 e. The van der Waals surface area contributed by atoms with Crippen LogP contribution in [0.15, 0.2) is 48.5 Å². The average molecular weight is 398 g/mol. The molecule has 29 heavy (non-hydrogen) atoms. The van der Waals surface area contributed by atoms with Crippen LogP contribution < -0.4 is 26.2 Å². The van der Waals surface area contributed by atoms with Crippen LogP contribution in [0.4, 0.5) is 11.4 Å². The molecule has 0 radical (unpaired) electrons. The highest BCUT2D eigenvalue weighted by Crippen LogP contribution is 2.16. The van der Waals surface area contributed by atoms with Crippen LogP contribution in [0.3, 0.4) is 0 Å². The summed E-state index contributed by atoms with van der Waals surface area (Å²) >= 11 is 0. The molecule has 0 bridgehead atoms. The van der Waals surface area contributed by atoms with Crippen molar-refractivity contribution in [1.29, 1.82) is 0 Å². The first-order valence-electron chi connectivity index (χ1n) is 9.25. The molecule has 0 aromatic heterocycles. The Kier molecular flexibility index (Phi) is 7.33. The van der Waals surface area contributed by atoms with Gasteiger partial charge in [0, 0.05) is 36.6 Å². The Morgan fingerprint density at radius 2 is 1.55 bits per heavy atom. The molecule has 8 heteroatoms. The van der Waals surface area contributed by atoms with Crippen molar-refractivity contribution in [2.75, 3.05) is 45.0 Å². The Hall–Kier alpha value is -3.39. The lowest BCUT2D eigenvalue weighted by Gasteiger charge is -2.23. The van der Waals surface area contributed by atoms with Gasteiger partial charge in [-0.3, -0.25) is 14.4 Å². The van der Waals surface area contributed by atoms with E-state index >= 15 is 0 Å². The molecule has 0 fully saturated rings. The van der Waals surface area contributed by atoms with E-state index in [0.29, 0.717) is 17.8 Å². The lowest BCUT2D eigenvalue weighted by molar-refractivity contribution is -0.890. The molecule has 0 aliphatic carbocycles. The fourth-order valence-corrected chi connectivity index (χ4v) is 2.84. The third kappa shape index (κ3) is 6.05. The molecule has 0 spiro atoms. The lowest BCUT2D eigenvalue weighted by atomic mass is 10.1. The quantitative estimate of drug-likeness (QED) is 0.484. The zero-order valence-electron chi connectivity index (χ0n) is 17.2. The number of hydrogen-bond donors (Lipinski definition) is 4. The fraction of sp³-hybridized carbons (Fsp3) is 0.286. The van der Waals surface area contributed by atoms with Gasteiger partial charge in [0.25, 0.3) is 0 Å². The van der Waals surface area contributed by atoms with Crippen LogP contribution in [-0.2, 0) is 9.59 Å². The summed E-state index contributed by atoms with van der Waals surface area (Å²) in [6.07, 6.45) is 0. The van der Waals surface area contributed by atoms with E-state index in [2.05, 4.69) is 10.6 Å². The standard InChI is InChI=1S/C21H27N5O3/c1-25(2)17-11-7-14(8-12-17)18(26(3)4)13-23-20(28)21(29)24-16-9-5-15(6-10-16)19(22)27/h5-12,18H,13H2,1-4H3,(H2,22,27)(H,23,28)(H,24,29)/p+1/t18-/m0/s1. The Morgan fingerprint density at radius 1 is 0.966 bits per heavy atom. The normalized spacial score (nSPS) is 11.6. The van der Waals surface area contributed by atoms with Crippen molar-refractivity contribution in [2.24, 2.45) is 5.73 Å². The predicted molar refractivity (Wildman–Crippen MR) is 113 cm³/mol. The van der Waals surface area contributed by atoms with E-state index in [4.69, 9.17) is 5.73 Å². The van der Waals surface area contributed by atoms with Gasteiger partial charge >= 0.3 is 11.8 Å². The van der Waals surface area contributed by atoms with Crippen molar-refractivity contribution in [2.45, 2.75) is 6.04 Å². The van der Waals surface area contributed by atoms with E-state index < -0.39 is 17.7 Å². The molecular weight excluding hydrogens is 370 g/mol. The van der Waals surface area contributed by atoms with E-state index in [1.165, 1.54) is 24.3 Å². The molecule has 0 aliphatic rings. The Labute approximate surface area is 170 Å². The average Bonchev–Trinajstić information content (AvgIpc) is 2.68. The second-order valence-electron chi connectivity index (χ2n) is 7.22. The van der Waals surface area contributed by atoms with Gasteiger partial charge in [-0.2, -0.15) is 0 Å². The number of hydrogen-bond acceptors (Lipinski definition) is 4. The monoisotopic (exact) mass is 398 g/mol. The Morgan fingerprint density at radius 3 is 2.03 bits per heavy atom. The number of carbonyl (C=O) groups is 3. The van der Waals surface area contributed by atoms with Crippen molar-refractivity contribution < 1.29 is 19.3 Å². The highest BCUT2D eigenvalue weighted by Gasteiger charge is 2.21. The number of benzene rings is 2. The summed E-state index contributed by atoms with van der Waals surface area (Å²) in [5, 5.41) is 5.20. The number of nitrogens with zero attached hydrogens (tertiary/aromatic N) is 1. The summed E-state index contributed by atoms with van der Waals surface area (Å²) in [5.74, 6) is -2.05. The molecule has 154 valence electrons. The van der Waals surface area contributed by atoms with Crippen LogP contribution in [0.2, 0.25) is 0 Å². The van der Waals surface area contributed by atoms with Crippen LogP contribution in [0.5, 0.6) is 0 Å². The summed E-state index contributed by atoms with van der Waals surface area (Å²) in [6, 6.07) is 14.1. The minimum Gasteiger partial charge on any atom is -0.378 e. The maximum absolute atomic E-state index is 12.2. The zero-order valence-corrected chi connectivity index (χ0v) is 17.2. The summed E-state index contributed by atoms with van der Waals surface area (Å²) < 4.78 is 0. The summed E-state index contributed by atoms with van der Waals surface area (Å²) in [7, 11) is 7.95. The molecular formula is C21H28N5O3+. The molecule has 2 rings (SSSR count). The number of nitrogens with two attached hydrogens (primary N) is 1. The first-order chi connectivity index (χ1) is 13.7. The Balaban J connectivity index is 1.97. The fourth-order valence-electron chi connectivity index (χ4n) is 2.84. The number of rotatable bonds is 7. The SMILES string of the molecule is CN(C)c1ccc([C@H](CNC(=O)C(=O)Nc2ccc(C(N)=O)cc2)[NH+](C)C)cc1. The van der Waals surface area contributed by atoms with Gasteiger partial charge < -0.3 is 26.2 Å². The topological polar surface area (TPSA) is 109 Å². The van der Waals surface area contributed by atoms with Gasteiger partial charge in [0.05, 0.1) is 20.6 Å². The number of quaternary nitrogens is 1. The molecule has 8 nitrogen and oxygen atoms in total. The largest absolute Gasteiger partial charge is 0.378 e. The molecule has 0 saturated heterocycles. The number of nitrogens with one attached hydrogen (secondary N) is 3. The highest BCUT2D eigenvalue weighted by atomic mass is 16.2. The number of likely N-dealkylation sites (N-methyl/N-ethyl adjacent to an activating group) is 1. The molecule has 3 amide bonds. The van der Waals surface area contributed by atoms with Crippen LogP contribution in [-0.4, -0.2) is 52.5 Å². The van der Waals surface area contributed by atoms with Crippen LogP contribution in [0.1, 0.15) is 22.0 Å². The summed E-state index contributed by atoms with van der Waals surface area (Å²) in [4.78, 5) is 38.6. The number of anilines is 2. The number of amides is 3. The van der Waals surface area contributed by atoms with E-state index in [1.807, 2.05) is 57.4 Å². The molecule has 0 aliphatic heterocycles. The first kappa shape index (κ1) is 21.9. The molecule has 2 aromatic carbocycles. The zero-order chi connectivity index (χ0) is 21.6. The van der Waals surface area contributed by atoms with E-state index in [-0.39, 0.29) is 6.04 Å². The number of primary amides is 1. The second-order valence-corrected chi connectivity index (χ2v) is 7.22. The first-order valence-corrected chi connectivity index (χ1v) is 9.25. The number of carbonyl (C=O) groups excluding carboxylic acids is 3. The van der Waals surface area contributed by atoms with Crippen LogP contribution in [0.25, 0.3) is 0 Å². The molecule has 1 atom stereocenters. The molecule has 0 unspecified atom stereocenters. The van der Waals surface area contributed by atoms with Gasteiger partial charge in [-0.05, 0) is 36.4 Å². The van der Waals surface area contributed by atoms with E-state index in [0.717, 1.165) is 16.2 Å². The molecule has 5 N–H and O–H groups in total. The van der Waals surface area contributed by atoms with Crippen molar-refractivity contribution in [3.63, 3.8) is 0 Å². The second kappa shape index (κ2) is 9.70. The Bertz CT molecular complexity index is 861. The van der Waals surface area contributed by atoms with Gasteiger partial charge in [0.15, 0.2) is 0 Å². The molecule has 2 aromatic rings. The van der Waals surface area contributed by atoms with Crippen LogP contribution in [0, 0.1) is 0 Å². The van der Waals surface area contributed by atoms with Crippen molar-refractivity contribution >= 4 is 29.1 Å². The molecule has 0 saturated carbocycles. The van der Waals surface area contributed by atoms with Gasteiger partial charge in [0.2, 0.25) is 5.91 Å². The third-order valence-electron chi connectivity index (χ3n) is 4.61. The summed E-state index contributed by atoms with van der Waals surface area (Å²) in [5.41, 5.74) is 8.07. The van der Waals surface area contributed by atoms with Gasteiger partial charge in [0.1, 0.15) is 6.04 Å².